The van der Waals surface area contributed by atoms with Gasteiger partial charge in [0.2, 0.25) is 0 Å². The maximum absolute atomic E-state index is 13.5. The molecule has 1 aliphatic rings. The lowest BCUT2D eigenvalue weighted by atomic mass is 10.00. The van der Waals surface area contributed by atoms with Gasteiger partial charge in [-0.15, -0.1) is 0 Å². The van der Waals surface area contributed by atoms with Gasteiger partial charge in [0.25, 0.3) is 0 Å². The molecule has 0 aliphatic heterocycles. The number of aliphatic hydroxyl groups is 1. The molecule has 0 bridgehead atoms. The first kappa shape index (κ1) is 17.4. The van der Waals surface area contributed by atoms with E-state index in [1.165, 1.54) is 42.5 Å². The predicted molar refractivity (Wildman–Crippen MR) is 90.1 cm³/mol. The van der Waals surface area contributed by atoms with Crippen LogP contribution >= 0.6 is 11.6 Å². The average molecular weight is 370 g/mol. The Morgan fingerprint density at radius 1 is 1.21 bits per heavy atom. The third-order valence-corrected chi connectivity index (χ3v) is 7.33. The van der Waals surface area contributed by atoms with E-state index in [-0.39, 0.29) is 18.0 Å². The maximum atomic E-state index is 13.5. The standard InChI is InChI=1S/C17H17ClFNO3S/c18-12-4-6-14(7-5-12)24(22,23)16-15(17(16,9-20)10-21)11-2-1-3-13(19)8-11/h1-8,15-16,21H,9-10,20H2/t15-,16+,17+/m1/s1. The van der Waals surface area contributed by atoms with Crippen LogP contribution in [0.1, 0.15) is 11.5 Å². The molecule has 0 radical (unpaired) electrons. The van der Waals surface area contributed by atoms with Gasteiger partial charge in [-0.3, -0.25) is 0 Å². The highest BCUT2D eigenvalue weighted by atomic mass is 35.5. The van der Waals surface area contributed by atoms with Gasteiger partial charge in [-0.1, -0.05) is 23.7 Å². The second kappa shape index (κ2) is 6.11. The third kappa shape index (κ3) is 2.63. The van der Waals surface area contributed by atoms with Gasteiger partial charge in [0.15, 0.2) is 9.84 Å². The predicted octanol–water partition coefficient (Wildman–Crippen LogP) is 2.36. The van der Waals surface area contributed by atoms with Crippen LogP contribution in [0.15, 0.2) is 53.4 Å². The van der Waals surface area contributed by atoms with Crippen LogP contribution in [-0.2, 0) is 9.84 Å². The Balaban J connectivity index is 2.06. The minimum absolute atomic E-state index is 0.0117. The summed E-state index contributed by atoms with van der Waals surface area (Å²) in [5.74, 6) is -1.00. The van der Waals surface area contributed by atoms with Crippen molar-refractivity contribution >= 4 is 21.4 Å². The smallest absolute Gasteiger partial charge is 0.182 e. The van der Waals surface area contributed by atoms with E-state index in [0.717, 1.165) is 0 Å². The molecule has 2 aromatic carbocycles. The van der Waals surface area contributed by atoms with Crippen molar-refractivity contribution in [3.8, 4) is 0 Å². The van der Waals surface area contributed by atoms with Crippen molar-refractivity contribution in [1.82, 2.24) is 0 Å². The summed E-state index contributed by atoms with van der Waals surface area (Å²) < 4.78 is 39.6. The summed E-state index contributed by atoms with van der Waals surface area (Å²) in [6.45, 7) is -0.398. The van der Waals surface area contributed by atoms with Crippen molar-refractivity contribution in [2.45, 2.75) is 16.1 Å². The Kier molecular flexibility index (Phi) is 4.42. The van der Waals surface area contributed by atoms with Crippen LogP contribution in [0.2, 0.25) is 5.02 Å². The first-order valence-electron chi connectivity index (χ1n) is 7.42. The first-order valence-corrected chi connectivity index (χ1v) is 9.35. The molecular formula is C17H17ClFNO3S. The summed E-state index contributed by atoms with van der Waals surface area (Å²) in [6.07, 6.45) is 0. The molecule has 0 unspecified atom stereocenters. The molecule has 3 N–H and O–H groups in total. The van der Waals surface area contributed by atoms with Crippen LogP contribution in [0.5, 0.6) is 0 Å². The molecule has 24 heavy (non-hydrogen) atoms. The van der Waals surface area contributed by atoms with Crippen molar-refractivity contribution < 1.29 is 17.9 Å². The van der Waals surface area contributed by atoms with Gasteiger partial charge in [0.05, 0.1) is 16.8 Å². The van der Waals surface area contributed by atoms with Gasteiger partial charge < -0.3 is 10.8 Å². The average Bonchev–Trinajstić information content (AvgIpc) is 3.26. The van der Waals surface area contributed by atoms with Crippen LogP contribution < -0.4 is 5.73 Å². The fourth-order valence-electron chi connectivity index (χ4n) is 3.42. The highest BCUT2D eigenvalue weighted by molar-refractivity contribution is 7.92. The molecule has 1 fully saturated rings. The summed E-state index contributed by atoms with van der Waals surface area (Å²) in [6, 6.07) is 11.6. The summed E-state index contributed by atoms with van der Waals surface area (Å²) in [7, 11) is -3.75. The van der Waals surface area contributed by atoms with Crippen LogP contribution in [0.4, 0.5) is 4.39 Å². The molecule has 0 amide bonds. The van der Waals surface area contributed by atoms with Crippen LogP contribution in [0.25, 0.3) is 0 Å². The van der Waals surface area contributed by atoms with Crippen molar-refractivity contribution in [2.24, 2.45) is 11.1 Å². The van der Waals surface area contributed by atoms with E-state index in [9.17, 15) is 17.9 Å². The van der Waals surface area contributed by atoms with Crippen LogP contribution in [-0.4, -0.2) is 31.9 Å². The van der Waals surface area contributed by atoms with Crippen LogP contribution in [0, 0.1) is 11.2 Å². The van der Waals surface area contributed by atoms with E-state index in [1.807, 2.05) is 0 Å². The molecule has 3 rings (SSSR count). The van der Waals surface area contributed by atoms with E-state index >= 15 is 0 Å². The topological polar surface area (TPSA) is 80.4 Å². The Morgan fingerprint density at radius 2 is 1.88 bits per heavy atom. The second-order valence-electron chi connectivity index (χ2n) is 6.05. The minimum Gasteiger partial charge on any atom is -0.396 e. The SMILES string of the molecule is NC[C@]1(CO)[C@H](c2cccc(F)c2)[C@@H]1S(=O)(=O)c1ccc(Cl)cc1. The molecule has 3 atom stereocenters. The number of sulfone groups is 1. The number of hydrogen-bond acceptors (Lipinski definition) is 4. The number of nitrogens with two attached hydrogens (primary N) is 1. The van der Waals surface area contributed by atoms with Crippen LogP contribution in [0.3, 0.4) is 0 Å². The highest BCUT2D eigenvalue weighted by Crippen LogP contribution is 2.63. The normalized spacial score (nSPS) is 26.3. The molecule has 0 spiro atoms. The molecule has 1 saturated carbocycles. The zero-order chi connectivity index (χ0) is 17.5. The first-order chi connectivity index (χ1) is 11.4. The Hall–Kier alpha value is -1.47. The van der Waals surface area contributed by atoms with E-state index in [2.05, 4.69) is 0 Å². The number of benzene rings is 2. The second-order valence-corrected chi connectivity index (χ2v) is 8.55. The summed E-state index contributed by atoms with van der Waals surface area (Å²) in [5, 5.41) is 9.35. The lowest BCUT2D eigenvalue weighted by Crippen LogP contribution is -2.27. The van der Waals surface area contributed by atoms with E-state index in [1.54, 1.807) is 6.07 Å². The monoisotopic (exact) mass is 369 g/mol. The number of rotatable bonds is 5. The summed E-state index contributed by atoms with van der Waals surface area (Å²) >= 11 is 5.81. The van der Waals surface area contributed by atoms with E-state index < -0.39 is 32.2 Å². The Labute approximate surface area is 145 Å². The minimum atomic E-state index is -3.75. The maximum Gasteiger partial charge on any atom is 0.182 e. The quantitative estimate of drug-likeness (QED) is 0.847. The molecular weight excluding hydrogens is 353 g/mol. The van der Waals surface area contributed by atoms with E-state index in [4.69, 9.17) is 17.3 Å². The molecule has 1 aliphatic carbocycles. The highest BCUT2D eigenvalue weighted by Gasteiger charge is 2.70. The Morgan fingerprint density at radius 3 is 2.42 bits per heavy atom. The lowest BCUT2D eigenvalue weighted by Gasteiger charge is -2.12. The van der Waals surface area contributed by atoms with Crippen molar-refractivity contribution in [3.63, 3.8) is 0 Å². The fraction of sp³-hybridized carbons (Fsp3) is 0.294. The molecule has 7 heteroatoms. The largest absolute Gasteiger partial charge is 0.396 e. The zero-order valence-electron chi connectivity index (χ0n) is 12.7. The Bertz CT molecular complexity index is 850. The van der Waals surface area contributed by atoms with Gasteiger partial charge in [0.1, 0.15) is 5.82 Å². The molecule has 4 nitrogen and oxygen atoms in total. The molecule has 0 aromatic heterocycles. The van der Waals surface area contributed by atoms with Crippen molar-refractivity contribution in [2.75, 3.05) is 13.2 Å². The number of halogens is 2. The summed E-state index contributed by atoms with van der Waals surface area (Å²) in [4.78, 5) is 0.113. The van der Waals surface area contributed by atoms with E-state index in [0.29, 0.717) is 10.6 Å². The third-order valence-electron chi connectivity index (χ3n) is 4.74. The van der Waals surface area contributed by atoms with Crippen molar-refractivity contribution in [1.29, 1.82) is 0 Å². The zero-order valence-corrected chi connectivity index (χ0v) is 14.3. The lowest BCUT2D eigenvalue weighted by molar-refractivity contribution is 0.212. The molecule has 128 valence electrons. The van der Waals surface area contributed by atoms with Gasteiger partial charge in [-0.05, 0) is 42.0 Å². The van der Waals surface area contributed by atoms with Crippen molar-refractivity contribution in [3.05, 3.63) is 64.9 Å². The number of hydrogen-bond donors (Lipinski definition) is 2. The van der Waals surface area contributed by atoms with Gasteiger partial charge in [-0.25, -0.2) is 12.8 Å². The fourth-order valence-corrected chi connectivity index (χ4v) is 5.99. The number of aliphatic hydroxyl groups excluding tert-OH is 1. The van der Waals surface area contributed by atoms with Gasteiger partial charge >= 0.3 is 0 Å². The van der Waals surface area contributed by atoms with Gasteiger partial charge in [-0.2, -0.15) is 0 Å². The molecule has 0 heterocycles. The summed E-state index contributed by atoms with van der Waals surface area (Å²) in [5.41, 5.74) is 5.31. The molecule has 2 aromatic rings. The molecule has 0 saturated heterocycles. The van der Waals surface area contributed by atoms with Gasteiger partial charge in [0, 0.05) is 22.9 Å².